The van der Waals surface area contributed by atoms with E-state index in [2.05, 4.69) is 0 Å². The molecule has 0 spiro atoms. The fourth-order valence-corrected chi connectivity index (χ4v) is 3.19. The van der Waals surface area contributed by atoms with Crippen molar-refractivity contribution >= 4 is 6.09 Å². The normalized spacial score (nSPS) is 19.3. The summed E-state index contributed by atoms with van der Waals surface area (Å²) in [5, 5.41) is 18.6. The van der Waals surface area contributed by atoms with Crippen LogP contribution in [0.4, 0.5) is 18.0 Å². The van der Waals surface area contributed by atoms with Gasteiger partial charge in [0.1, 0.15) is 0 Å². The minimum Gasteiger partial charge on any atom is -0.465 e. The van der Waals surface area contributed by atoms with E-state index in [1.54, 1.807) is 0 Å². The number of benzene rings is 1. The van der Waals surface area contributed by atoms with Gasteiger partial charge in [-0.3, -0.25) is 4.90 Å². The number of amides is 1. The molecule has 1 aliphatic rings. The topological polar surface area (TPSA) is 67.6 Å². The molecular formula is C18H22F3N3O2. The highest BCUT2D eigenvalue weighted by atomic mass is 19.4. The van der Waals surface area contributed by atoms with Crippen molar-refractivity contribution in [3.8, 4) is 6.07 Å². The molecule has 5 nitrogen and oxygen atoms in total. The smallest absolute Gasteiger partial charge is 0.416 e. The van der Waals surface area contributed by atoms with E-state index in [0.29, 0.717) is 31.7 Å². The van der Waals surface area contributed by atoms with E-state index in [1.807, 2.05) is 31.7 Å². The van der Waals surface area contributed by atoms with Crippen molar-refractivity contribution in [1.29, 1.82) is 5.26 Å². The Kier molecular flexibility index (Phi) is 5.52. The average molecular weight is 369 g/mol. The number of carbonyl (C=O) groups is 1. The molecule has 0 aliphatic carbocycles. The molecule has 142 valence electrons. The molecule has 1 aromatic rings. The number of halogens is 3. The Balaban J connectivity index is 2.21. The number of nitriles is 1. The van der Waals surface area contributed by atoms with E-state index in [4.69, 9.17) is 0 Å². The largest absolute Gasteiger partial charge is 0.465 e. The standard InChI is InChI=1S/C18H22F3N3O2/c1-17(2,3)15-11-23(6-7-24(15)16(25)26)10-12-4-5-14(18(19,20)21)8-13(12)9-22/h4-5,8,15H,6-7,10-11H2,1-3H3,(H,25,26). The van der Waals surface area contributed by atoms with Gasteiger partial charge in [-0.05, 0) is 23.1 Å². The van der Waals surface area contributed by atoms with Crippen LogP contribution in [0.5, 0.6) is 0 Å². The lowest BCUT2D eigenvalue weighted by Gasteiger charge is -2.46. The maximum atomic E-state index is 12.8. The Labute approximate surface area is 150 Å². The summed E-state index contributed by atoms with van der Waals surface area (Å²) >= 11 is 0. The van der Waals surface area contributed by atoms with Crippen LogP contribution in [0.1, 0.15) is 37.5 Å². The van der Waals surface area contributed by atoms with Crippen molar-refractivity contribution in [1.82, 2.24) is 9.80 Å². The number of hydrogen-bond acceptors (Lipinski definition) is 3. The van der Waals surface area contributed by atoms with Gasteiger partial charge in [-0.15, -0.1) is 0 Å². The molecule has 0 aromatic heterocycles. The first-order valence-electron chi connectivity index (χ1n) is 8.25. The van der Waals surface area contributed by atoms with Gasteiger partial charge in [0.2, 0.25) is 0 Å². The van der Waals surface area contributed by atoms with Gasteiger partial charge < -0.3 is 10.0 Å². The number of carboxylic acid groups (broad SMARTS) is 1. The van der Waals surface area contributed by atoms with Crippen LogP contribution in [0.2, 0.25) is 0 Å². The van der Waals surface area contributed by atoms with Crippen LogP contribution in [-0.2, 0) is 12.7 Å². The Bertz CT molecular complexity index is 720. The van der Waals surface area contributed by atoms with Gasteiger partial charge in [0, 0.05) is 26.2 Å². The lowest BCUT2D eigenvalue weighted by molar-refractivity contribution is -0.137. The Morgan fingerprint density at radius 3 is 2.46 bits per heavy atom. The third kappa shape index (κ3) is 4.47. The molecule has 26 heavy (non-hydrogen) atoms. The number of piperazine rings is 1. The Hall–Kier alpha value is -2.27. The summed E-state index contributed by atoms with van der Waals surface area (Å²) in [7, 11) is 0. The fraction of sp³-hybridized carbons (Fsp3) is 0.556. The summed E-state index contributed by atoms with van der Waals surface area (Å²) in [6.45, 7) is 7.41. The maximum Gasteiger partial charge on any atom is 0.416 e. The molecule has 1 aromatic carbocycles. The summed E-state index contributed by atoms with van der Waals surface area (Å²) < 4.78 is 38.4. The Morgan fingerprint density at radius 2 is 1.96 bits per heavy atom. The summed E-state index contributed by atoms with van der Waals surface area (Å²) in [6.07, 6.45) is -5.47. The van der Waals surface area contributed by atoms with Crippen LogP contribution >= 0.6 is 0 Å². The second-order valence-electron chi connectivity index (χ2n) is 7.57. The van der Waals surface area contributed by atoms with Crippen molar-refractivity contribution in [3.63, 3.8) is 0 Å². The van der Waals surface area contributed by atoms with Gasteiger partial charge in [-0.2, -0.15) is 18.4 Å². The second kappa shape index (κ2) is 7.16. The van der Waals surface area contributed by atoms with Crippen LogP contribution in [-0.4, -0.2) is 46.7 Å². The quantitative estimate of drug-likeness (QED) is 0.861. The second-order valence-corrected chi connectivity index (χ2v) is 7.57. The van der Waals surface area contributed by atoms with E-state index < -0.39 is 17.8 Å². The van der Waals surface area contributed by atoms with Crippen LogP contribution < -0.4 is 0 Å². The summed E-state index contributed by atoms with van der Waals surface area (Å²) in [4.78, 5) is 14.9. The molecule has 1 aliphatic heterocycles. The number of nitrogens with zero attached hydrogens (tertiary/aromatic N) is 3. The molecule has 0 bridgehead atoms. The van der Waals surface area contributed by atoms with Crippen molar-refractivity contribution in [3.05, 3.63) is 34.9 Å². The molecule has 2 rings (SSSR count). The average Bonchev–Trinajstić information content (AvgIpc) is 2.53. The molecule has 1 heterocycles. The maximum absolute atomic E-state index is 12.8. The fourth-order valence-electron chi connectivity index (χ4n) is 3.19. The molecular weight excluding hydrogens is 347 g/mol. The summed E-state index contributed by atoms with van der Waals surface area (Å²) in [5.74, 6) is 0. The van der Waals surface area contributed by atoms with Crippen molar-refractivity contribution in [2.45, 2.75) is 39.5 Å². The predicted molar refractivity (Wildman–Crippen MR) is 89.4 cm³/mol. The summed E-state index contributed by atoms with van der Waals surface area (Å²) in [6, 6.07) is 4.77. The van der Waals surface area contributed by atoms with Gasteiger partial charge in [-0.1, -0.05) is 26.8 Å². The number of rotatable bonds is 2. The summed E-state index contributed by atoms with van der Waals surface area (Å²) in [5.41, 5.74) is -0.624. The van der Waals surface area contributed by atoms with E-state index in [9.17, 15) is 28.3 Å². The first-order chi connectivity index (χ1) is 11.9. The van der Waals surface area contributed by atoms with Gasteiger partial charge in [0.05, 0.1) is 23.2 Å². The zero-order valence-corrected chi connectivity index (χ0v) is 15.0. The predicted octanol–water partition coefficient (Wildman–Crippen LogP) is 3.79. The molecule has 8 heteroatoms. The highest BCUT2D eigenvalue weighted by molar-refractivity contribution is 5.65. The van der Waals surface area contributed by atoms with Crippen LogP contribution in [0.3, 0.4) is 0 Å². The minimum absolute atomic E-state index is 0.00667. The van der Waals surface area contributed by atoms with Crippen LogP contribution in [0.25, 0.3) is 0 Å². The minimum atomic E-state index is -4.49. The lowest BCUT2D eigenvalue weighted by atomic mass is 9.84. The first-order valence-corrected chi connectivity index (χ1v) is 8.25. The van der Waals surface area contributed by atoms with E-state index in [1.165, 1.54) is 11.0 Å². The van der Waals surface area contributed by atoms with E-state index >= 15 is 0 Å². The molecule has 0 saturated carbocycles. The van der Waals surface area contributed by atoms with Crippen molar-refractivity contribution < 1.29 is 23.1 Å². The molecule has 1 atom stereocenters. The third-order valence-electron chi connectivity index (χ3n) is 4.66. The third-order valence-corrected chi connectivity index (χ3v) is 4.66. The molecule has 1 saturated heterocycles. The van der Waals surface area contributed by atoms with E-state index in [-0.39, 0.29) is 17.0 Å². The molecule has 1 fully saturated rings. The van der Waals surface area contributed by atoms with Crippen LogP contribution in [0, 0.1) is 16.7 Å². The lowest BCUT2D eigenvalue weighted by Crippen LogP contribution is -2.59. The van der Waals surface area contributed by atoms with E-state index in [0.717, 1.165) is 12.1 Å². The monoisotopic (exact) mass is 369 g/mol. The highest BCUT2D eigenvalue weighted by Crippen LogP contribution is 2.32. The molecule has 1 unspecified atom stereocenters. The molecule has 0 radical (unpaired) electrons. The van der Waals surface area contributed by atoms with Gasteiger partial charge in [0.15, 0.2) is 0 Å². The highest BCUT2D eigenvalue weighted by Gasteiger charge is 2.38. The first kappa shape index (κ1) is 20.0. The number of alkyl halides is 3. The zero-order valence-electron chi connectivity index (χ0n) is 15.0. The Morgan fingerprint density at radius 1 is 1.31 bits per heavy atom. The molecule has 1 N–H and O–H groups in total. The van der Waals surface area contributed by atoms with Gasteiger partial charge >= 0.3 is 12.3 Å². The SMILES string of the molecule is CC(C)(C)C1CN(Cc2ccc(C(F)(F)F)cc2C#N)CCN1C(=O)O. The van der Waals surface area contributed by atoms with Crippen molar-refractivity contribution in [2.75, 3.05) is 19.6 Å². The number of hydrogen-bond donors (Lipinski definition) is 1. The van der Waals surface area contributed by atoms with Gasteiger partial charge in [0.25, 0.3) is 0 Å². The molecule has 1 amide bonds. The van der Waals surface area contributed by atoms with Crippen molar-refractivity contribution in [2.24, 2.45) is 5.41 Å². The van der Waals surface area contributed by atoms with Crippen LogP contribution in [0.15, 0.2) is 18.2 Å². The van der Waals surface area contributed by atoms with Gasteiger partial charge in [-0.25, -0.2) is 4.79 Å². The zero-order chi connectivity index (χ0) is 19.7.